The number of likely N-dealkylation sites (tertiary alicyclic amines) is 1. The normalized spacial score (nSPS) is 17.6. The zero-order chi connectivity index (χ0) is 15.4. The minimum Gasteiger partial charge on any atom is -0.481 e. The maximum atomic E-state index is 11.9. The number of aryl methyl sites for hydroxylation is 1. The number of nitrogens with zero attached hydrogens (tertiary/aromatic N) is 1. The number of nitrogens with one attached hydrogen (secondary N) is 1. The number of hydrogen-bond acceptors (Lipinski definition) is 3. The Kier molecular flexibility index (Phi) is 4.57. The number of hydrogen-bond donors (Lipinski definition) is 2. The van der Waals surface area contributed by atoms with Crippen LogP contribution in [0, 0.1) is 12.8 Å². The SMILES string of the molecule is Cc1ccc(C(=O)NCC(=O)N2CCC(C(=O)O)C2)cc1. The van der Waals surface area contributed by atoms with E-state index in [1.54, 1.807) is 12.1 Å². The zero-order valence-corrected chi connectivity index (χ0v) is 11.8. The minimum absolute atomic E-state index is 0.112. The molecule has 6 heteroatoms. The largest absolute Gasteiger partial charge is 0.481 e. The van der Waals surface area contributed by atoms with Gasteiger partial charge in [0.1, 0.15) is 0 Å². The van der Waals surface area contributed by atoms with E-state index >= 15 is 0 Å². The summed E-state index contributed by atoms with van der Waals surface area (Å²) in [4.78, 5) is 36.1. The third-order valence-electron chi connectivity index (χ3n) is 3.60. The van der Waals surface area contributed by atoms with Crippen LogP contribution in [0.15, 0.2) is 24.3 Å². The number of carbonyl (C=O) groups excluding carboxylic acids is 2. The molecule has 2 N–H and O–H groups in total. The number of rotatable bonds is 4. The number of benzene rings is 1. The Morgan fingerprint density at radius 1 is 1.29 bits per heavy atom. The molecule has 0 saturated carbocycles. The van der Waals surface area contributed by atoms with Crippen LogP contribution in [0.25, 0.3) is 0 Å². The summed E-state index contributed by atoms with van der Waals surface area (Å²) in [6.07, 6.45) is 0.465. The highest BCUT2D eigenvalue weighted by Crippen LogP contribution is 2.16. The van der Waals surface area contributed by atoms with Crippen LogP contribution < -0.4 is 5.32 Å². The molecule has 0 aromatic heterocycles. The van der Waals surface area contributed by atoms with Crippen molar-refractivity contribution in [1.82, 2.24) is 10.2 Å². The Morgan fingerprint density at radius 2 is 1.95 bits per heavy atom. The second kappa shape index (κ2) is 6.39. The van der Waals surface area contributed by atoms with Crippen molar-refractivity contribution in [2.45, 2.75) is 13.3 Å². The summed E-state index contributed by atoms with van der Waals surface area (Å²) in [7, 11) is 0. The summed E-state index contributed by atoms with van der Waals surface area (Å²) in [5.74, 6) is -1.94. The third-order valence-corrected chi connectivity index (χ3v) is 3.60. The number of amides is 2. The fourth-order valence-corrected chi connectivity index (χ4v) is 2.26. The minimum atomic E-state index is -0.881. The van der Waals surface area contributed by atoms with E-state index < -0.39 is 11.9 Å². The lowest BCUT2D eigenvalue weighted by Gasteiger charge is -2.16. The van der Waals surface area contributed by atoms with E-state index in [2.05, 4.69) is 5.32 Å². The van der Waals surface area contributed by atoms with E-state index in [1.807, 2.05) is 19.1 Å². The monoisotopic (exact) mass is 290 g/mol. The van der Waals surface area contributed by atoms with Crippen molar-refractivity contribution in [2.24, 2.45) is 5.92 Å². The Balaban J connectivity index is 1.83. The second-order valence-electron chi connectivity index (χ2n) is 5.21. The number of carboxylic acid groups (broad SMARTS) is 1. The van der Waals surface area contributed by atoms with Crippen molar-refractivity contribution < 1.29 is 19.5 Å². The quantitative estimate of drug-likeness (QED) is 0.852. The van der Waals surface area contributed by atoms with Crippen molar-refractivity contribution in [3.8, 4) is 0 Å². The van der Waals surface area contributed by atoms with Crippen LogP contribution in [0.2, 0.25) is 0 Å². The first-order valence-electron chi connectivity index (χ1n) is 6.83. The molecule has 1 unspecified atom stereocenters. The molecule has 6 nitrogen and oxygen atoms in total. The van der Waals surface area contributed by atoms with Crippen molar-refractivity contribution in [3.05, 3.63) is 35.4 Å². The van der Waals surface area contributed by atoms with Gasteiger partial charge in [0.05, 0.1) is 12.5 Å². The molecule has 1 aromatic carbocycles. The summed E-state index contributed by atoms with van der Waals surface area (Å²) in [6.45, 7) is 2.46. The molecule has 112 valence electrons. The molecule has 2 rings (SSSR count). The van der Waals surface area contributed by atoms with Crippen LogP contribution in [0.1, 0.15) is 22.3 Å². The van der Waals surface area contributed by atoms with Gasteiger partial charge in [0.15, 0.2) is 0 Å². The summed E-state index contributed by atoms with van der Waals surface area (Å²) in [5, 5.41) is 11.5. The first-order valence-corrected chi connectivity index (χ1v) is 6.83. The van der Waals surface area contributed by atoms with Gasteiger partial charge >= 0.3 is 5.97 Å². The van der Waals surface area contributed by atoms with E-state index in [-0.39, 0.29) is 24.9 Å². The molecule has 21 heavy (non-hydrogen) atoms. The molecule has 1 aliphatic heterocycles. The maximum Gasteiger partial charge on any atom is 0.308 e. The molecule has 1 atom stereocenters. The lowest BCUT2D eigenvalue weighted by atomic mass is 10.1. The lowest BCUT2D eigenvalue weighted by molar-refractivity contribution is -0.141. The van der Waals surface area contributed by atoms with Crippen LogP contribution >= 0.6 is 0 Å². The summed E-state index contributed by atoms with van der Waals surface area (Å²) in [5.41, 5.74) is 1.55. The molecule has 0 bridgehead atoms. The van der Waals surface area contributed by atoms with Crippen LogP contribution in [0.3, 0.4) is 0 Å². The summed E-state index contributed by atoms with van der Waals surface area (Å²) >= 11 is 0. The highest BCUT2D eigenvalue weighted by Gasteiger charge is 2.30. The van der Waals surface area contributed by atoms with E-state index in [0.717, 1.165) is 5.56 Å². The van der Waals surface area contributed by atoms with Gasteiger partial charge in [0.25, 0.3) is 5.91 Å². The van der Waals surface area contributed by atoms with Crippen LogP contribution in [-0.4, -0.2) is 47.4 Å². The first kappa shape index (κ1) is 15.0. The number of aliphatic carboxylic acids is 1. The van der Waals surface area contributed by atoms with E-state index in [0.29, 0.717) is 18.5 Å². The molecule has 0 aliphatic carbocycles. The van der Waals surface area contributed by atoms with Gasteiger partial charge in [-0.15, -0.1) is 0 Å². The van der Waals surface area contributed by atoms with Crippen LogP contribution in [0.4, 0.5) is 0 Å². The van der Waals surface area contributed by atoms with Crippen LogP contribution in [-0.2, 0) is 9.59 Å². The van der Waals surface area contributed by atoms with Gasteiger partial charge in [-0.25, -0.2) is 0 Å². The fraction of sp³-hybridized carbons (Fsp3) is 0.400. The molecular formula is C15H18N2O4. The smallest absolute Gasteiger partial charge is 0.308 e. The molecule has 1 aromatic rings. The maximum absolute atomic E-state index is 11.9. The lowest BCUT2D eigenvalue weighted by Crippen LogP contribution is -2.39. The van der Waals surface area contributed by atoms with E-state index in [1.165, 1.54) is 4.90 Å². The van der Waals surface area contributed by atoms with Crippen molar-refractivity contribution in [1.29, 1.82) is 0 Å². The Bertz CT molecular complexity index is 553. The van der Waals surface area contributed by atoms with Gasteiger partial charge in [-0.2, -0.15) is 0 Å². The zero-order valence-electron chi connectivity index (χ0n) is 11.8. The van der Waals surface area contributed by atoms with Crippen molar-refractivity contribution in [3.63, 3.8) is 0 Å². The van der Waals surface area contributed by atoms with Gasteiger partial charge < -0.3 is 15.3 Å². The molecule has 1 heterocycles. The average molecular weight is 290 g/mol. The molecule has 1 fully saturated rings. The third kappa shape index (κ3) is 3.81. The molecule has 0 spiro atoms. The van der Waals surface area contributed by atoms with E-state index in [9.17, 15) is 14.4 Å². The van der Waals surface area contributed by atoms with Gasteiger partial charge in [0, 0.05) is 18.7 Å². The topological polar surface area (TPSA) is 86.7 Å². The molecule has 0 radical (unpaired) electrons. The molecule has 1 aliphatic rings. The van der Waals surface area contributed by atoms with E-state index in [4.69, 9.17) is 5.11 Å². The standard InChI is InChI=1S/C15H18N2O4/c1-10-2-4-11(5-3-10)14(19)16-8-13(18)17-7-6-12(9-17)15(20)21/h2-5,12H,6-9H2,1H3,(H,16,19)(H,20,21). The second-order valence-corrected chi connectivity index (χ2v) is 5.21. The summed E-state index contributed by atoms with van der Waals surface area (Å²) < 4.78 is 0. The van der Waals surface area contributed by atoms with Gasteiger partial charge in [-0.1, -0.05) is 17.7 Å². The van der Waals surface area contributed by atoms with Crippen LogP contribution in [0.5, 0.6) is 0 Å². The van der Waals surface area contributed by atoms with Gasteiger partial charge in [-0.3, -0.25) is 14.4 Å². The van der Waals surface area contributed by atoms with Gasteiger partial charge in [-0.05, 0) is 25.5 Å². The Hall–Kier alpha value is -2.37. The highest BCUT2D eigenvalue weighted by atomic mass is 16.4. The summed E-state index contributed by atoms with van der Waals surface area (Å²) in [6, 6.07) is 7.06. The molecule has 1 saturated heterocycles. The number of carbonyl (C=O) groups is 3. The van der Waals surface area contributed by atoms with Crippen molar-refractivity contribution in [2.75, 3.05) is 19.6 Å². The Labute approximate surface area is 122 Å². The van der Waals surface area contributed by atoms with Crippen molar-refractivity contribution >= 4 is 17.8 Å². The number of carboxylic acids is 1. The Morgan fingerprint density at radius 3 is 2.52 bits per heavy atom. The molecule has 2 amide bonds. The predicted molar refractivity (Wildman–Crippen MR) is 75.8 cm³/mol. The first-order chi connectivity index (χ1) is 9.97. The highest BCUT2D eigenvalue weighted by molar-refractivity contribution is 5.96. The average Bonchev–Trinajstić information content (AvgIpc) is 2.95. The van der Waals surface area contributed by atoms with Gasteiger partial charge in [0.2, 0.25) is 5.91 Å². The molecular weight excluding hydrogens is 272 g/mol. The predicted octanol–water partition coefficient (Wildman–Crippen LogP) is 0.658. The fourth-order valence-electron chi connectivity index (χ4n) is 2.26.